The van der Waals surface area contributed by atoms with Gasteiger partial charge in [0.25, 0.3) is 0 Å². The van der Waals surface area contributed by atoms with Crippen LogP contribution >= 0.6 is 23.4 Å². The predicted octanol–water partition coefficient (Wildman–Crippen LogP) is 3.31. The highest BCUT2D eigenvalue weighted by molar-refractivity contribution is 8.02. The number of halogens is 1. The second-order valence-electron chi connectivity index (χ2n) is 9.09. The number of hydrogen-bond acceptors (Lipinski definition) is 5. The first-order valence-corrected chi connectivity index (χ1v) is 12.6. The molecule has 3 N–H and O–H groups in total. The van der Waals surface area contributed by atoms with Crippen LogP contribution in [0.4, 0.5) is 11.4 Å². The van der Waals surface area contributed by atoms with Crippen molar-refractivity contribution in [2.24, 2.45) is 11.8 Å². The van der Waals surface area contributed by atoms with Gasteiger partial charge in [0, 0.05) is 17.5 Å². The Labute approximate surface area is 207 Å². The number of carbonyl (C=O) groups is 3. The fourth-order valence-corrected chi connectivity index (χ4v) is 8.32. The number of hydrogen-bond donors (Lipinski definition) is 3. The number of nitrogens with one attached hydrogen (secondary N) is 2. The molecule has 7 nitrogen and oxygen atoms in total. The van der Waals surface area contributed by atoms with Crippen LogP contribution in [0.2, 0.25) is 5.02 Å². The highest BCUT2D eigenvalue weighted by Crippen LogP contribution is 2.66. The number of likely N-dealkylation sites (tertiary alicyclic amines) is 1. The van der Waals surface area contributed by atoms with E-state index < -0.39 is 22.6 Å². The molecule has 0 saturated carbocycles. The van der Waals surface area contributed by atoms with Crippen LogP contribution in [0.3, 0.4) is 0 Å². The third kappa shape index (κ3) is 3.59. The molecule has 34 heavy (non-hydrogen) atoms. The van der Waals surface area contributed by atoms with E-state index in [9.17, 15) is 19.5 Å². The molecular weight excluding hydrogens is 474 g/mol. The van der Waals surface area contributed by atoms with Crippen molar-refractivity contribution < 1.29 is 19.5 Å². The summed E-state index contributed by atoms with van der Waals surface area (Å²) in [6, 6.07) is 13.7. The minimum Gasteiger partial charge on any atom is -0.395 e. The molecule has 3 saturated heterocycles. The standard InChI is InChI=1S/C25H26ClN3O4S/c1-14-6-5-9-16(26)20(14)28-23(32)21-25-11-10-17(34-25)18(19(25)24(33)29(21)12-13-30)22(31)27-15-7-3-2-4-8-15/h2-9,17-19,21,30H,10-13H2,1H3,(H,27,31)(H,28,32)/t17-,18+,19-,21?,25?/m0/s1. The summed E-state index contributed by atoms with van der Waals surface area (Å²) in [6.07, 6.45) is 1.42. The van der Waals surface area contributed by atoms with Crippen molar-refractivity contribution in [3.63, 3.8) is 0 Å². The van der Waals surface area contributed by atoms with Crippen LogP contribution < -0.4 is 10.6 Å². The number of aliphatic hydroxyl groups excluding tert-OH is 1. The zero-order valence-corrected chi connectivity index (χ0v) is 20.2. The van der Waals surface area contributed by atoms with E-state index in [0.717, 1.165) is 12.0 Å². The highest BCUT2D eigenvalue weighted by atomic mass is 35.5. The van der Waals surface area contributed by atoms with E-state index >= 15 is 0 Å². The highest BCUT2D eigenvalue weighted by Gasteiger charge is 2.73. The van der Waals surface area contributed by atoms with Crippen molar-refractivity contribution in [1.82, 2.24) is 4.90 Å². The molecule has 0 aliphatic carbocycles. The number of carbonyl (C=O) groups excluding carboxylic acids is 3. The second-order valence-corrected chi connectivity index (χ2v) is 11.1. The number of fused-ring (bicyclic) bond motifs is 1. The van der Waals surface area contributed by atoms with Gasteiger partial charge in [0.2, 0.25) is 17.7 Å². The summed E-state index contributed by atoms with van der Waals surface area (Å²) >= 11 is 7.93. The number of benzene rings is 2. The lowest BCUT2D eigenvalue weighted by Crippen LogP contribution is -2.52. The van der Waals surface area contributed by atoms with Gasteiger partial charge in [-0.1, -0.05) is 41.9 Å². The maximum atomic E-state index is 13.7. The van der Waals surface area contributed by atoms with Crippen molar-refractivity contribution in [3.05, 3.63) is 59.1 Å². The average Bonchev–Trinajstić information content (AvgIpc) is 3.45. The Bertz CT molecular complexity index is 1130. The first kappa shape index (κ1) is 23.2. The maximum Gasteiger partial charge on any atom is 0.248 e. The summed E-state index contributed by atoms with van der Waals surface area (Å²) < 4.78 is -0.713. The quantitative estimate of drug-likeness (QED) is 0.566. The van der Waals surface area contributed by atoms with E-state index in [2.05, 4.69) is 10.6 Å². The van der Waals surface area contributed by atoms with Crippen LogP contribution in [0, 0.1) is 18.8 Å². The number of rotatable bonds is 6. The monoisotopic (exact) mass is 499 g/mol. The SMILES string of the molecule is Cc1cccc(Cl)c1NC(=O)C1N(CCO)C(=O)[C@@H]2[C@H](C(=O)Nc3ccccc3)[C@@H]3CCC12S3. The van der Waals surface area contributed by atoms with Gasteiger partial charge in [0.05, 0.1) is 33.9 Å². The lowest BCUT2D eigenvalue weighted by Gasteiger charge is -2.34. The van der Waals surface area contributed by atoms with Gasteiger partial charge in [-0.3, -0.25) is 14.4 Å². The van der Waals surface area contributed by atoms with E-state index in [0.29, 0.717) is 22.8 Å². The van der Waals surface area contributed by atoms with Gasteiger partial charge in [-0.25, -0.2) is 0 Å². The number of amides is 3. The molecule has 2 aromatic rings. The van der Waals surface area contributed by atoms with E-state index in [1.807, 2.05) is 49.4 Å². The summed E-state index contributed by atoms with van der Waals surface area (Å²) in [5, 5.41) is 16.0. The normalized spacial score (nSPS) is 29.3. The number of β-amino-alcohol motifs (C(OH)–C–C–N with tert-alkyl or cyclic N) is 1. The Kier molecular flexibility index (Phi) is 6.08. The maximum absolute atomic E-state index is 13.7. The second kappa shape index (κ2) is 8.91. The lowest BCUT2D eigenvalue weighted by atomic mass is 9.70. The van der Waals surface area contributed by atoms with E-state index in [1.165, 1.54) is 4.90 Å². The number of anilines is 2. The van der Waals surface area contributed by atoms with Crippen LogP contribution in [-0.2, 0) is 14.4 Å². The number of thioether (sulfide) groups is 1. The summed E-state index contributed by atoms with van der Waals surface area (Å²) in [5.41, 5.74) is 2.01. The molecule has 5 rings (SSSR count). The Balaban J connectivity index is 1.47. The van der Waals surface area contributed by atoms with Gasteiger partial charge in [0.15, 0.2) is 0 Å². The van der Waals surface area contributed by atoms with Crippen molar-refractivity contribution in [3.8, 4) is 0 Å². The van der Waals surface area contributed by atoms with Crippen molar-refractivity contribution in [2.75, 3.05) is 23.8 Å². The van der Waals surface area contributed by atoms with Gasteiger partial charge in [-0.2, -0.15) is 0 Å². The van der Waals surface area contributed by atoms with E-state index in [1.54, 1.807) is 17.8 Å². The zero-order chi connectivity index (χ0) is 24.0. The minimum atomic E-state index is -0.794. The third-order valence-electron chi connectivity index (χ3n) is 7.20. The third-order valence-corrected chi connectivity index (χ3v) is 9.47. The van der Waals surface area contributed by atoms with Crippen LogP contribution in [0.25, 0.3) is 0 Å². The predicted molar refractivity (Wildman–Crippen MR) is 133 cm³/mol. The van der Waals surface area contributed by atoms with Crippen LogP contribution in [0.5, 0.6) is 0 Å². The van der Waals surface area contributed by atoms with Crippen molar-refractivity contribution in [1.29, 1.82) is 0 Å². The van der Waals surface area contributed by atoms with E-state index in [-0.39, 0.29) is 36.1 Å². The molecule has 0 aromatic heterocycles. The number of aliphatic hydroxyl groups is 1. The Morgan fingerprint density at radius 2 is 1.91 bits per heavy atom. The molecule has 178 valence electrons. The van der Waals surface area contributed by atoms with Gasteiger partial charge >= 0.3 is 0 Å². The van der Waals surface area contributed by atoms with Crippen LogP contribution in [-0.4, -0.2) is 56.9 Å². The molecule has 3 aliphatic rings. The molecule has 3 amide bonds. The Hall–Kier alpha value is -2.55. The first-order valence-electron chi connectivity index (χ1n) is 11.4. The first-order chi connectivity index (χ1) is 16.4. The van der Waals surface area contributed by atoms with Gasteiger partial charge in [0.1, 0.15) is 6.04 Å². The summed E-state index contributed by atoms with van der Waals surface area (Å²) in [5.74, 6) is -1.93. The van der Waals surface area contributed by atoms with Crippen LogP contribution in [0.1, 0.15) is 18.4 Å². The molecular formula is C25H26ClN3O4S. The van der Waals surface area contributed by atoms with Crippen molar-refractivity contribution >= 4 is 52.5 Å². The average molecular weight is 500 g/mol. The summed E-state index contributed by atoms with van der Waals surface area (Å²) in [4.78, 5) is 42.1. The fraction of sp³-hybridized carbons (Fsp3) is 0.400. The molecule has 2 bridgehead atoms. The number of para-hydroxylation sites is 2. The molecule has 3 fully saturated rings. The largest absolute Gasteiger partial charge is 0.395 e. The number of aryl methyl sites for hydroxylation is 1. The molecule has 1 spiro atoms. The topological polar surface area (TPSA) is 98.7 Å². The zero-order valence-electron chi connectivity index (χ0n) is 18.7. The van der Waals surface area contributed by atoms with Gasteiger partial charge in [-0.05, 0) is 43.5 Å². The minimum absolute atomic E-state index is 0.0358. The van der Waals surface area contributed by atoms with E-state index in [4.69, 9.17) is 11.6 Å². The molecule has 5 atom stereocenters. The van der Waals surface area contributed by atoms with Gasteiger partial charge in [-0.15, -0.1) is 11.8 Å². The number of nitrogens with zero attached hydrogens (tertiary/aromatic N) is 1. The molecule has 2 unspecified atom stereocenters. The molecule has 3 aliphatic heterocycles. The van der Waals surface area contributed by atoms with Crippen LogP contribution in [0.15, 0.2) is 48.5 Å². The molecule has 0 radical (unpaired) electrons. The molecule has 9 heteroatoms. The fourth-order valence-electron chi connectivity index (χ4n) is 5.83. The Morgan fingerprint density at radius 3 is 2.62 bits per heavy atom. The summed E-state index contributed by atoms with van der Waals surface area (Å²) in [6.45, 7) is 1.63. The lowest BCUT2D eigenvalue weighted by molar-refractivity contribution is -0.138. The molecule has 2 aromatic carbocycles. The molecule has 3 heterocycles. The van der Waals surface area contributed by atoms with Gasteiger partial charge < -0.3 is 20.6 Å². The van der Waals surface area contributed by atoms with Crippen molar-refractivity contribution in [2.45, 2.75) is 35.8 Å². The summed E-state index contributed by atoms with van der Waals surface area (Å²) in [7, 11) is 0. The Morgan fingerprint density at radius 1 is 1.15 bits per heavy atom. The smallest absolute Gasteiger partial charge is 0.248 e.